The Morgan fingerprint density at radius 2 is 1.10 bits per heavy atom. The van der Waals surface area contributed by atoms with Gasteiger partial charge in [0.15, 0.2) is 0 Å². The van der Waals surface area contributed by atoms with Crippen molar-refractivity contribution in [3.05, 3.63) is 79.9 Å². The van der Waals surface area contributed by atoms with Crippen LogP contribution in [0.4, 0.5) is 0 Å². The summed E-state index contributed by atoms with van der Waals surface area (Å²) in [6.07, 6.45) is 1.09. The molecule has 1 heterocycles. The lowest BCUT2D eigenvalue weighted by molar-refractivity contribution is 0.559. The number of benzene rings is 2. The Labute approximate surface area is 188 Å². The molecule has 2 aromatic carbocycles. The number of hydrogen-bond donors (Lipinski definition) is 0. The highest BCUT2D eigenvalue weighted by Gasteiger charge is 2.43. The van der Waals surface area contributed by atoms with Gasteiger partial charge in [0.05, 0.1) is 0 Å². The fraction of sp³-hybridized carbons (Fsp3) is 0.464. The van der Waals surface area contributed by atoms with Gasteiger partial charge in [-0.15, -0.1) is 9.24 Å². The molecule has 30 heavy (non-hydrogen) atoms. The molecule has 2 atom stereocenters. The zero-order valence-corrected chi connectivity index (χ0v) is 22.6. The first kappa shape index (κ1) is 23.4. The average molecular weight is 437 g/mol. The van der Waals surface area contributed by atoms with E-state index < -0.39 is 0 Å². The molecule has 0 aliphatic carbocycles. The summed E-state index contributed by atoms with van der Waals surface area (Å²) in [5.41, 5.74) is 14.3. The highest BCUT2D eigenvalue weighted by atomic mass is 31.1. The molecule has 0 aromatic heterocycles. The minimum atomic E-state index is -0.127. The van der Waals surface area contributed by atoms with E-state index in [9.17, 15) is 0 Å². The lowest BCUT2D eigenvalue weighted by Gasteiger charge is -2.42. The number of allylic oxidation sites excluding steroid dienone is 2. The van der Waals surface area contributed by atoms with Gasteiger partial charge in [0.1, 0.15) is 0 Å². The van der Waals surface area contributed by atoms with Gasteiger partial charge in [0.25, 0.3) is 0 Å². The third-order valence-corrected chi connectivity index (χ3v) is 9.64. The van der Waals surface area contributed by atoms with Crippen LogP contribution in [0.15, 0.2) is 35.4 Å². The van der Waals surface area contributed by atoms with Crippen molar-refractivity contribution in [1.29, 1.82) is 0 Å². The van der Waals surface area contributed by atoms with Gasteiger partial charge in [0.2, 0.25) is 0 Å². The van der Waals surface area contributed by atoms with E-state index in [1.54, 1.807) is 5.57 Å². The lowest BCUT2D eigenvalue weighted by Crippen LogP contribution is -2.34. The summed E-state index contributed by atoms with van der Waals surface area (Å²) in [6, 6.07) is 9.44. The molecule has 0 saturated heterocycles. The van der Waals surface area contributed by atoms with Crippen molar-refractivity contribution < 1.29 is 0 Å². The summed E-state index contributed by atoms with van der Waals surface area (Å²) in [5.74, 6) is 0. The quantitative estimate of drug-likeness (QED) is 0.423. The molecule has 0 bridgehead atoms. The largest absolute Gasteiger partial charge is 0.121 e. The first-order valence-corrected chi connectivity index (χ1v) is 12.5. The maximum Gasteiger partial charge on any atom is 0.0369 e. The van der Waals surface area contributed by atoms with Gasteiger partial charge in [-0.3, -0.25) is 0 Å². The van der Waals surface area contributed by atoms with Gasteiger partial charge in [-0.2, -0.15) is 0 Å². The summed E-state index contributed by atoms with van der Waals surface area (Å²) in [7, 11) is 4.83. The SMILES string of the molecule is CC1=PC(C)(CC(P)(c2c(C)cc(C)cc2C)c2c(C)cc(C)cc2C)C(C)=C1C. The summed E-state index contributed by atoms with van der Waals surface area (Å²) in [4.78, 5) is 0. The molecule has 0 nitrogen and oxygen atoms in total. The molecule has 1 aliphatic rings. The predicted molar refractivity (Wildman–Crippen MR) is 141 cm³/mol. The molecule has 3 rings (SSSR count). The van der Waals surface area contributed by atoms with Crippen molar-refractivity contribution >= 4 is 22.7 Å². The van der Waals surface area contributed by atoms with Gasteiger partial charge in [-0.1, -0.05) is 49.2 Å². The van der Waals surface area contributed by atoms with E-state index in [1.165, 1.54) is 63.6 Å². The second-order valence-electron chi connectivity index (χ2n) is 9.92. The fourth-order valence-corrected chi connectivity index (χ4v) is 9.23. The van der Waals surface area contributed by atoms with Crippen molar-refractivity contribution in [2.75, 3.05) is 0 Å². The van der Waals surface area contributed by atoms with Gasteiger partial charge < -0.3 is 0 Å². The fourth-order valence-electron chi connectivity index (χ4n) is 6.00. The van der Waals surface area contributed by atoms with Gasteiger partial charge in [-0.05, 0) is 120 Å². The van der Waals surface area contributed by atoms with Crippen LogP contribution in [-0.4, -0.2) is 10.4 Å². The second-order valence-corrected chi connectivity index (χ2v) is 12.8. The monoisotopic (exact) mass is 436 g/mol. The highest BCUT2D eigenvalue weighted by Crippen LogP contribution is 2.56. The van der Waals surface area contributed by atoms with Gasteiger partial charge >= 0.3 is 0 Å². The number of hydrogen-bond acceptors (Lipinski definition) is 0. The average Bonchev–Trinajstić information content (AvgIpc) is 2.75. The molecule has 0 fully saturated rings. The van der Waals surface area contributed by atoms with Gasteiger partial charge in [-0.25, -0.2) is 0 Å². The van der Waals surface area contributed by atoms with E-state index in [0.717, 1.165) is 6.42 Å². The van der Waals surface area contributed by atoms with Crippen LogP contribution in [0, 0.1) is 41.5 Å². The Balaban J connectivity index is 2.35. The van der Waals surface area contributed by atoms with E-state index in [-0.39, 0.29) is 10.3 Å². The third kappa shape index (κ3) is 3.87. The van der Waals surface area contributed by atoms with Crippen molar-refractivity contribution in [3.8, 4) is 0 Å². The Kier molecular flexibility index (Phi) is 6.28. The molecule has 2 aromatic rings. The van der Waals surface area contributed by atoms with E-state index in [2.05, 4.69) is 103 Å². The second kappa shape index (κ2) is 8.04. The van der Waals surface area contributed by atoms with E-state index >= 15 is 0 Å². The lowest BCUT2D eigenvalue weighted by atomic mass is 9.74. The summed E-state index contributed by atoms with van der Waals surface area (Å²) < 4.78 is 0. The Morgan fingerprint density at radius 3 is 1.40 bits per heavy atom. The maximum atomic E-state index is 3.37. The van der Waals surface area contributed by atoms with E-state index in [0.29, 0.717) is 0 Å². The summed E-state index contributed by atoms with van der Waals surface area (Å²) in [6.45, 7) is 23.1. The molecule has 1 aliphatic heterocycles. The van der Waals surface area contributed by atoms with Crippen molar-refractivity contribution in [1.82, 2.24) is 0 Å². The Hall–Kier alpha value is -1.22. The van der Waals surface area contributed by atoms with Crippen LogP contribution in [0.5, 0.6) is 0 Å². The zero-order valence-electron chi connectivity index (χ0n) is 20.5. The molecule has 0 N–H and O–H groups in total. The number of aryl methyl sites for hydroxylation is 6. The highest BCUT2D eigenvalue weighted by molar-refractivity contribution is 7.44. The van der Waals surface area contributed by atoms with Crippen LogP contribution in [0.2, 0.25) is 0 Å². The molecule has 2 heteroatoms. The third-order valence-electron chi connectivity index (χ3n) is 7.20. The van der Waals surface area contributed by atoms with Crippen molar-refractivity contribution in [2.45, 2.75) is 86.0 Å². The van der Waals surface area contributed by atoms with Crippen LogP contribution >= 0.6 is 17.4 Å². The van der Waals surface area contributed by atoms with Crippen LogP contribution in [0.25, 0.3) is 0 Å². The van der Waals surface area contributed by atoms with Crippen molar-refractivity contribution in [3.63, 3.8) is 0 Å². The summed E-state index contributed by atoms with van der Waals surface area (Å²) >= 11 is 0. The van der Waals surface area contributed by atoms with E-state index in [1.807, 2.05) is 0 Å². The smallest absolute Gasteiger partial charge is 0.0369 e. The Bertz CT molecular complexity index is 980. The minimum absolute atomic E-state index is 0.127. The first-order valence-electron chi connectivity index (χ1n) is 11.0. The predicted octanol–water partition coefficient (Wildman–Crippen LogP) is 8.29. The van der Waals surface area contributed by atoms with Crippen LogP contribution in [0.1, 0.15) is 78.6 Å². The van der Waals surface area contributed by atoms with Crippen molar-refractivity contribution in [2.24, 2.45) is 0 Å². The molecule has 2 unspecified atom stereocenters. The molecule has 0 radical (unpaired) electrons. The molecule has 0 saturated carbocycles. The molecule has 0 spiro atoms. The standard InChI is InChI=1S/C28H38P2/c1-16-11-18(3)25(19(4)12-16)28(29,26-20(5)13-17(2)14-21(26)6)15-27(10)23(8)22(7)24(9)30-27/h11-14H,15,29H2,1-10H3. The summed E-state index contributed by atoms with van der Waals surface area (Å²) in [5, 5.41) is 1.54. The molecular weight excluding hydrogens is 398 g/mol. The molecule has 0 amide bonds. The normalized spacial score (nSPS) is 20.0. The zero-order chi connectivity index (χ0) is 22.6. The van der Waals surface area contributed by atoms with Crippen LogP contribution in [-0.2, 0) is 5.16 Å². The molecule has 160 valence electrons. The molecular formula is C28H38P2. The first-order chi connectivity index (χ1) is 13.8. The Morgan fingerprint density at radius 1 is 0.733 bits per heavy atom. The van der Waals surface area contributed by atoms with Crippen LogP contribution in [0.3, 0.4) is 0 Å². The van der Waals surface area contributed by atoms with E-state index in [4.69, 9.17) is 0 Å². The van der Waals surface area contributed by atoms with Crippen LogP contribution < -0.4 is 0 Å². The minimum Gasteiger partial charge on any atom is -0.121 e. The number of rotatable bonds is 4. The maximum absolute atomic E-state index is 3.37. The van der Waals surface area contributed by atoms with Gasteiger partial charge in [0, 0.05) is 10.3 Å². The topological polar surface area (TPSA) is 0 Å².